The maximum absolute atomic E-state index is 5.15. The SMILES string of the molecule is Cc1cccc(-c2cc(-c3cccc(C)n3)cc(-n3c4ccc(-c5ccccc5)cc4c4c5ccccc5ccc43)c2)n1.c1ccc(-c2ccc(-c3cc(-c4ccccc4)cc(-n4c5ccccc5c5c6ccccc6ncc54)c3)cc2)cc1.c1ccc(-c2ccc3c(c2)c2c4ccccc4ccc2n3-c2ncc(-c3ccccc3)c3ccccc23)cc1. The highest BCUT2D eigenvalue weighted by molar-refractivity contribution is 6.24. The molecule has 7 heterocycles. The van der Waals surface area contributed by atoms with E-state index in [-0.39, 0.29) is 0 Å². The Kier molecular flexibility index (Phi) is 18.6. The predicted molar refractivity (Wildman–Crippen MR) is 517 cm³/mol. The number of aromatic nitrogens is 7. The lowest BCUT2D eigenvalue weighted by Crippen LogP contribution is -1.99. The summed E-state index contributed by atoms with van der Waals surface area (Å²) in [5, 5.41) is 16.0. The normalized spacial score (nSPS) is 11.5. The maximum atomic E-state index is 5.15. The van der Waals surface area contributed by atoms with Crippen LogP contribution in [0.2, 0.25) is 0 Å². The summed E-state index contributed by atoms with van der Waals surface area (Å²) in [7, 11) is 0. The van der Waals surface area contributed by atoms with Crippen molar-refractivity contribution in [2.45, 2.75) is 13.8 Å². The van der Waals surface area contributed by atoms with E-state index < -0.39 is 0 Å². The highest BCUT2D eigenvalue weighted by atomic mass is 15.1. The quantitative estimate of drug-likeness (QED) is 0.129. The van der Waals surface area contributed by atoms with Crippen molar-refractivity contribution in [3.05, 3.63) is 454 Å². The van der Waals surface area contributed by atoms with Crippen LogP contribution in [0.4, 0.5) is 0 Å². The number of para-hydroxylation sites is 2. The predicted octanol–water partition coefficient (Wildman–Crippen LogP) is 30.5. The van der Waals surface area contributed by atoms with Gasteiger partial charge in [-0.2, -0.15) is 0 Å². The fourth-order valence-corrected chi connectivity index (χ4v) is 18.4. The molecule has 0 atom stereocenters. The van der Waals surface area contributed by atoms with Gasteiger partial charge in [-0.15, -0.1) is 0 Å². The molecule has 578 valence electrons. The molecule has 7 aromatic heterocycles. The number of hydrogen-bond donors (Lipinski definition) is 0. The first-order valence-electron chi connectivity index (χ1n) is 42.0. The minimum Gasteiger partial charge on any atom is -0.309 e. The molecule has 0 saturated heterocycles. The lowest BCUT2D eigenvalue weighted by atomic mass is 9.96. The highest BCUT2D eigenvalue weighted by Gasteiger charge is 2.24. The summed E-state index contributed by atoms with van der Waals surface area (Å²) in [6.07, 6.45) is 4.06. The topological polar surface area (TPSA) is 66.3 Å². The van der Waals surface area contributed by atoms with Gasteiger partial charge in [0.1, 0.15) is 5.82 Å². The van der Waals surface area contributed by atoms with Crippen LogP contribution in [-0.4, -0.2) is 33.6 Å². The van der Waals surface area contributed by atoms with Gasteiger partial charge in [-0.25, -0.2) is 4.98 Å². The zero-order chi connectivity index (χ0) is 81.9. The van der Waals surface area contributed by atoms with E-state index in [1.165, 1.54) is 148 Å². The maximum Gasteiger partial charge on any atom is 0.145 e. The first kappa shape index (κ1) is 73.2. The molecule has 0 N–H and O–H groups in total. The van der Waals surface area contributed by atoms with Gasteiger partial charge in [-0.1, -0.05) is 322 Å². The van der Waals surface area contributed by atoms with Gasteiger partial charge in [-0.3, -0.25) is 19.5 Å². The van der Waals surface area contributed by atoms with Crippen LogP contribution in [0.3, 0.4) is 0 Å². The van der Waals surface area contributed by atoms with E-state index >= 15 is 0 Å². The minimum atomic E-state index is 0.952. The number of rotatable bonds is 11. The van der Waals surface area contributed by atoms with Crippen molar-refractivity contribution in [1.82, 2.24) is 33.6 Å². The Balaban J connectivity index is 0.000000110. The second-order valence-electron chi connectivity index (χ2n) is 31.7. The van der Waals surface area contributed by atoms with Crippen molar-refractivity contribution in [2.75, 3.05) is 0 Å². The number of hydrogen-bond acceptors (Lipinski definition) is 4. The Morgan fingerprint density at radius 2 is 0.561 bits per heavy atom. The third-order valence-electron chi connectivity index (χ3n) is 24.2. The van der Waals surface area contributed by atoms with Gasteiger partial charge in [0.2, 0.25) is 0 Å². The lowest BCUT2D eigenvalue weighted by molar-refractivity contribution is 1.10. The van der Waals surface area contributed by atoms with Crippen molar-refractivity contribution in [1.29, 1.82) is 0 Å². The van der Waals surface area contributed by atoms with Gasteiger partial charge in [0, 0.05) is 88.7 Å². The van der Waals surface area contributed by atoms with E-state index in [0.717, 1.165) is 78.6 Å². The first-order valence-corrected chi connectivity index (χ1v) is 42.0. The zero-order valence-corrected chi connectivity index (χ0v) is 67.8. The van der Waals surface area contributed by atoms with Crippen molar-refractivity contribution >= 4 is 109 Å². The molecular formula is C116H79N7. The van der Waals surface area contributed by atoms with Crippen LogP contribution in [0.25, 0.3) is 215 Å². The van der Waals surface area contributed by atoms with Crippen molar-refractivity contribution < 1.29 is 0 Å². The molecule has 0 bridgehead atoms. The van der Waals surface area contributed by atoms with E-state index in [9.17, 15) is 0 Å². The summed E-state index contributed by atoms with van der Waals surface area (Å²) in [5.74, 6) is 0.952. The van der Waals surface area contributed by atoms with Crippen LogP contribution < -0.4 is 0 Å². The Morgan fingerprint density at radius 1 is 0.195 bits per heavy atom. The molecule has 0 radical (unpaired) electrons. The second kappa shape index (κ2) is 31.2. The molecule has 0 aliphatic rings. The lowest BCUT2D eigenvalue weighted by Gasteiger charge is -2.14. The van der Waals surface area contributed by atoms with Crippen LogP contribution in [-0.2, 0) is 0 Å². The molecule has 0 fully saturated rings. The van der Waals surface area contributed by atoms with E-state index in [4.69, 9.17) is 19.9 Å². The monoisotopic (exact) mass is 1570 g/mol. The van der Waals surface area contributed by atoms with Gasteiger partial charge in [0.25, 0.3) is 0 Å². The fraction of sp³-hybridized carbons (Fsp3) is 0.0172. The van der Waals surface area contributed by atoms with E-state index in [0.29, 0.717) is 0 Å². The molecular weight excluding hydrogens is 1490 g/mol. The summed E-state index contributed by atoms with van der Waals surface area (Å²) in [6, 6.07) is 154. The molecule has 24 rings (SSSR count). The molecule has 0 aliphatic carbocycles. The Morgan fingerprint density at radius 3 is 1.10 bits per heavy atom. The zero-order valence-electron chi connectivity index (χ0n) is 67.8. The Bertz CT molecular complexity index is 8110. The average Bonchev–Trinajstić information content (AvgIpc) is 1.59. The molecule has 0 spiro atoms. The summed E-state index contributed by atoms with van der Waals surface area (Å²) < 4.78 is 7.13. The first-order chi connectivity index (χ1) is 60.8. The molecule has 0 saturated carbocycles. The van der Waals surface area contributed by atoms with Crippen molar-refractivity contribution in [3.63, 3.8) is 0 Å². The molecule has 7 heteroatoms. The average molecular weight is 1570 g/mol. The molecule has 7 nitrogen and oxygen atoms in total. The van der Waals surface area contributed by atoms with Crippen molar-refractivity contribution in [2.24, 2.45) is 0 Å². The van der Waals surface area contributed by atoms with Gasteiger partial charge in [-0.05, 0) is 211 Å². The molecule has 0 aliphatic heterocycles. The molecule has 0 amide bonds. The summed E-state index contributed by atoms with van der Waals surface area (Å²) in [4.78, 5) is 19.8. The van der Waals surface area contributed by atoms with Gasteiger partial charge >= 0.3 is 0 Å². The summed E-state index contributed by atoms with van der Waals surface area (Å²) in [6.45, 7) is 4.08. The van der Waals surface area contributed by atoms with Crippen LogP contribution in [0, 0.1) is 13.8 Å². The largest absolute Gasteiger partial charge is 0.309 e. The van der Waals surface area contributed by atoms with Crippen LogP contribution in [0.15, 0.2) is 443 Å². The molecule has 24 aromatic rings. The van der Waals surface area contributed by atoms with E-state index in [1.54, 1.807) is 0 Å². The number of fused-ring (bicyclic) bond motifs is 16. The smallest absolute Gasteiger partial charge is 0.145 e. The highest BCUT2D eigenvalue weighted by Crippen LogP contribution is 2.45. The molecule has 123 heavy (non-hydrogen) atoms. The van der Waals surface area contributed by atoms with Gasteiger partial charge in [0.15, 0.2) is 0 Å². The van der Waals surface area contributed by atoms with Crippen LogP contribution in [0.5, 0.6) is 0 Å². The third kappa shape index (κ3) is 13.5. The second-order valence-corrected chi connectivity index (χ2v) is 31.7. The van der Waals surface area contributed by atoms with Crippen LogP contribution >= 0.6 is 0 Å². The standard InChI is InChI=1S/C40H29N3.C39H26N2.C37H24N2/c1-26-10-8-16-36(41-26)31-22-32(37-17-9-11-27(2)42-37)24-33(23-31)43-38-20-19-30(28-12-4-3-5-13-28)25-35(38)40-34-15-7-6-14-29(34)18-21-39(40)43;1-3-11-27(12-4-1)29-19-21-30(22-20-29)32-23-31(28-13-5-2-6-14-28)24-33(25-32)41-37-18-10-8-16-35(37)39-34-15-7-9-17-36(34)40-26-38(39)41;1-3-11-25(12-4-1)28-20-21-34-32(23-28)36-29-16-8-7-15-27(29)19-22-35(36)39(34)37-31-18-10-9-17-30(31)33(24-38-37)26-13-5-2-6-14-26/h3-25H,1-2H3;1-26H;1-24H. The van der Waals surface area contributed by atoms with Gasteiger partial charge in [0.05, 0.1) is 56.2 Å². The van der Waals surface area contributed by atoms with E-state index in [1.807, 2.05) is 38.4 Å². The number of aryl methyl sites for hydroxylation is 2. The Hall–Kier alpha value is -16.2. The molecule has 0 unspecified atom stereocenters. The summed E-state index contributed by atoms with van der Waals surface area (Å²) >= 11 is 0. The third-order valence-corrected chi connectivity index (χ3v) is 24.2. The van der Waals surface area contributed by atoms with Gasteiger partial charge < -0.3 is 9.13 Å². The number of pyridine rings is 4. The van der Waals surface area contributed by atoms with Crippen molar-refractivity contribution in [3.8, 4) is 106 Å². The Labute approximate surface area is 712 Å². The summed E-state index contributed by atoms with van der Waals surface area (Å²) in [5.41, 5.74) is 30.6. The fourth-order valence-electron chi connectivity index (χ4n) is 18.4. The van der Waals surface area contributed by atoms with E-state index in [2.05, 4.69) is 432 Å². The van der Waals surface area contributed by atoms with Crippen LogP contribution in [0.1, 0.15) is 11.4 Å². The number of benzene rings is 17. The minimum absolute atomic E-state index is 0.952. The number of nitrogens with zero attached hydrogens (tertiary/aromatic N) is 7. The molecule has 17 aromatic carbocycles.